The van der Waals surface area contributed by atoms with Crippen molar-refractivity contribution in [2.45, 2.75) is 25.2 Å². The third-order valence-electron chi connectivity index (χ3n) is 4.01. The average Bonchev–Trinajstić information content (AvgIpc) is 2.40. The van der Waals surface area contributed by atoms with Crippen molar-refractivity contribution in [1.29, 1.82) is 0 Å². The Morgan fingerprint density at radius 2 is 1.90 bits per heavy atom. The molecule has 0 spiro atoms. The zero-order valence-corrected chi connectivity index (χ0v) is 11.1. The number of nitrogen functional groups attached to an aromatic ring is 1. The van der Waals surface area contributed by atoms with E-state index < -0.39 is 5.82 Å². The van der Waals surface area contributed by atoms with Crippen LogP contribution in [0.15, 0.2) is 42.5 Å². The number of ketones is 1. The molecule has 2 nitrogen and oxygen atoms in total. The second-order valence-corrected chi connectivity index (χ2v) is 5.28. The van der Waals surface area contributed by atoms with Crippen LogP contribution in [0.25, 0.3) is 0 Å². The quantitative estimate of drug-likeness (QED) is 0.678. The predicted octanol–water partition coefficient (Wildman–Crippen LogP) is 3.91. The Balaban J connectivity index is 1.99. The van der Waals surface area contributed by atoms with Gasteiger partial charge in [-0.05, 0) is 42.5 Å². The minimum Gasteiger partial charge on any atom is -0.396 e. The first kappa shape index (κ1) is 12.9. The summed E-state index contributed by atoms with van der Waals surface area (Å²) in [5.74, 6) is -0.211. The number of rotatable bonds is 3. The van der Waals surface area contributed by atoms with E-state index in [9.17, 15) is 9.18 Å². The third kappa shape index (κ3) is 2.20. The minimum absolute atomic E-state index is 0.0637. The number of halogens is 1. The number of carbonyl (C=O) groups is 1. The Morgan fingerprint density at radius 1 is 1.15 bits per heavy atom. The molecule has 0 heterocycles. The Kier molecular flexibility index (Phi) is 3.26. The molecule has 0 bridgehead atoms. The van der Waals surface area contributed by atoms with Gasteiger partial charge in [0.1, 0.15) is 5.82 Å². The van der Waals surface area contributed by atoms with Gasteiger partial charge in [-0.2, -0.15) is 0 Å². The summed E-state index contributed by atoms with van der Waals surface area (Å²) in [5.41, 5.74) is 7.63. The van der Waals surface area contributed by atoms with E-state index in [1.54, 1.807) is 6.07 Å². The van der Waals surface area contributed by atoms with Crippen LogP contribution in [0.1, 0.15) is 46.7 Å². The standard InChI is InChI=1S/C17H16FNO/c18-15-10-12(8-9-16(15)19)17(20)14-7-2-1-6-13(14)11-4-3-5-11/h1-2,6-11H,3-5,19H2. The van der Waals surface area contributed by atoms with Gasteiger partial charge < -0.3 is 5.73 Å². The Bertz CT molecular complexity index is 662. The molecule has 0 unspecified atom stereocenters. The molecule has 2 aromatic rings. The van der Waals surface area contributed by atoms with E-state index in [1.165, 1.54) is 18.6 Å². The van der Waals surface area contributed by atoms with Crippen molar-refractivity contribution in [2.75, 3.05) is 5.73 Å². The number of hydrogen-bond acceptors (Lipinski definition) is 2. The van der Waals surface area contributed by atoms with E-state index in [-0.39, 0.29) is 11.5 Å². The van der Waals surface area contributed by atoms with Crippen LogP contribution in [0.2, 0.25) is 0 Å². The van der Waals surface area contributed by atoms with Gasteiger partial charge in [-0.25, -0.2) is 4.39 Å². The molecule has 1 aliphatic carbocycles. The molecule has 3 heteroatoms. The number of anilines is 1. The normalized spacial score (nSPS) is 14.8. The van der Waals surface area contributed by atoms with Crippen LogP contribution < -0.4 is 5.73 Å². The molecule has 0 aromatic heterocycles. The highest BCUT2D eigenvalue weighted by atomic mass is 19.1. The van der Waals surface area contributed by atoms with Crippen molar-refractivity contribution in [1.82, 2.24) is 0 Å². The molecule has 1 saturated carbocycles. The van der Waals surface area contributed by atoms with E-state index >= 15 is 0 Å². The summed E-state index contributed by atoms with van der Waals surface area (Å²) in [7, 11) is 0. The highest BCUT2D eigenvalue weighted by Crippen LogP contribution is 2.38. The van der Waals surface area contributed by atoms with Crippen molar-refractivity contribution in [3.63, 3.8) is 0 Å². The Hall–Kier alpha value is -2.16. The molecule has 3 rings (SSSR count). The fraction of sp³-hybridized carbons (Fsp3) is 0.235. The van der Waals surface area contributed by atoms with E-state index in [2.05, 4.69) is 0 Å². The molecule has 0 radical (unpaired) electrons. The first-order chi connectivity index (χ1) is 9.66. The number of carbonyl (C=O) groups excluding carboxylic acids is 1. The highest BCUT2D eigenvalue weighted by Gasteiger charge is 2.24. The van der Waals surface area contributed by atoms with Gasteiger partial charge >= 0.3 is 0 Å². The van der Waals surface area contributed by atoms with Gasteiger partial charge in [0.15, 0.2) is 5.78 Å². The van der Waals surface area contributed by atoms with Gasteiger partial charge in [-0.3, -0.25) is 4.79 Å². The number of benzene rings is 2. The van der Waals surface area contributed by atoms with Crippen molar-refractivity contribution < 1.29 is 9.18 Å². The summed E-state index contributed by atoms with van der Waals surface area (Å²) in [4.78, 5) is 12.6. The molecule has 1 aliphatic rings. The molecular formula is C17H16FNO. The van der Waals surface area contributed by atoms with Crippen LogP contribution in [0.5, 0.6) is 0 Å². The van der Waals surface area contributed by atoms with Crippen LogP contribution in [-0.4, -0.2) is 5.78 Å². The largest absolute Gasteiger partial charge is 0.396 e. The second kappa shape index (κ2) is 5.08. The van der Waals surface area contributed by atoms with Crippen LogP contribution in [-0.2, 0) is 0 Å². The van der Waals surface area contributed by atoms with Crippen molar-refractivity contribution in [3.8, 4) is 0 Å². The van der Waals surface area contributed by atoms with Crippen LogP contribution in [0.3, 0.4) is 0 Å². The topological polar surface area (TPSA) is 43.1 Å². The third-order valence-corrected chi connectivity index (χ3v) is 4.01. The van der Waals surface area contributed by atoms with Gasteiger partial charge in [0.2, 0.25) is 0 Å². The molecule has 0 atom stereocenters. The molecule has 102 valence electrons. The molecule has 20 heavy (non-hydrogen) atoms. The number of hydrogen-bond donors (Lipinski definition) is 1. The first-order valence-corrected chi connectivity index (χ1v) is 6.85. The van der Waals surface area contributed by atoms with E-state index in [0.29, 0.717) is 17.0 Å². The van der Waals surface area contributed by atoms with Gasteiger partial charge in [0.25, 0.3) is 0 Å². The molecule has 0 saturated heterocycles. The molecule has 0 aliphatic heterocycles. The Morgan fingerprint density at radius 3 is 2.55 bits per heavy atom. The predicted molar refractivity (Wildman–Crippen MR) is 77.3 cm³/mol. The minimum atomic E-state index is -0.544. The lowest BCUT2D eigenvalue weighted by molar-refractivity contribution is 0.103. The smallest absolute Gasteiger partial charge is 0.193 e. The lowest BCUT2D eigenvalue weighted by Crippen LogP contribution is -2.14. The zero-order valence-electron chi connectivity index (χ0n) is 11.1. The lowest BCUT2D eigenvalue weighted by Gasteiger charge is -2.27. The first-order valence-electron chi connectivity index (χ1n) is 6.85. The summed E-state index contributed by atoms with van der Waals surface area (Å²) in [6.07, 6.45) is 3.46. The van der Waals surface area contributed by atoms with Gasteiger partial charge in [-0.1, -0.05) is 30.7 Å². The summed E-state index contributed by atoms with van der Waals surface area (Å²) < 4.78 is 13.5. The average molecular weight is 269 g/mol. The van der Waals surface area contributed by atoms with Crippen LogP contribution >= 0.6 is 0 Å². The highest BCUT2D eigenvalue weighted by molar-refractivity contribution is 6.10. The molecule has 1 fully saturated rings. The maximum absolute atomic E-state index is 13.5. The maximum Gasteiger partial charge on any atom is 0.193 e. The molecule has 2 aromatic carbocycles. The van der Waals surface area contributed by atoms with E-state index in [0.717, 1.165) is 18.4 Å². The van der Waals surface area contributed by atoms with E-state index in [1.807, 2.05) is 24.3 Å². The van der Waals surface area contributed by atoms with Gasteiger partial charge in [0, 0.05) is 11.1 Å². The van der Waals surface area contributed by atoms with Crippen molar-refractivity contribution in [3.05, 3.63) is 65.0 Å². The van der Waals surface area contributed by atoms with Crippen LogP contribution in [0.4, 0.5) is 10.1 Å². The summed E-state index contributed by atoms with van der Waals surface area (Å²) in [6, 6.07) is 11.9. The summed E-state index contributed by atoms with van der Waals surface area (Å²) in [6.45, 7) is 0. The van der Waals surface area contributed by atoms with Gasteiger partial charge in [-0.15, -0.1) is 0 Å². The fourth-order valence-electron chi connectivity index (χ4n) is 2.60. The number of nitrogens with two attached hydrogens (primary N) is 1. The van der Waals surface area contributed by atoms with Crippen molar-refractivity contribution >= 4 is 11.5 Å². The second-order valence-electron chi connectivity index (χ2n) is 5.28. The summed E-state index contributed by atoms with van der Waals surface area (Å²) >= 11 is 0. The van der Waals surface area contributed by atoms with E-state index in [4.69, 9.17) is 5.73 Å². The van der Waals surface area contributed by atoms with Crippen LogP contribution in [0, 0.1) is 5.82 Å². The van der Waals surface area contributed by atoms with Gasteiger partial charge in [0.05, 0.1) is 5.69 Å². The maximum atomic E-state index is 13.5. The Labute approximate surface area is 117 Å². The summed E-state index contributed by atoms with van der Waals surface area (Å²) in [5, 5.41) is 0. The lowest BCUT2D eigenvalue weighted by atomic mass is 9.77. The molecule has 2 N–H and O–H groups in total. The van der Waals surface area contributed by atoms with Crippen molar-refractivity contribution in [2.24, 2.45) is 0 Å². The molecule has 0 amide bonds. The monoisotopic (exact) mass is 269 g/mol. The molecular weight excluding hydrogens is 253 g/mol. The fourth-order valence-corrected chi connectivity index (χ4v) is 2.60. The zero-order chi connectivity index (χ0) is 14.1. The SMILES string of the molecule is Nc1ccc(C(=O)c2ccccc2C2CCC2)cc1F.